The average Bonchev–Trinajstić information content (AvgIpc) is 2.76. The zero-order chi connectivity index (χ0) is 8.44. The molecule has 0 aromatic rings. The zero-order valence-corrected chi connectivity index (χ0v) is 7.81. The largest absolute Gasteiger partial charge is 0.330 e. The van der Waals surface area contributed by atoms with Crippen molar-refractivity contribution in [3.63, 3.8) is 0 Å². The van der Waals surface area contributed by atoms with E-state index in [1.165, 1.54) is 45.2 Å². The molecule has 0 saturated heterocycles. The fourth-order valence-corrected chi connectivity index (χ4v) is 1.87. The van der Waals surface area contributed by atoms with Gasteiger partial charge in [-0.1, -0.05) is 6.42 Å². The molecule has 12 heavy (non-hydrogen) atoms. The van der Waals surface area contributed by atoms with Crippen LogP contribution in [-0.2, 0) is 0 Å². The maximum atomic E-state index is 5.69. The van der Waals surface area contributed by atoms with Crippen LogP contribution in [0.15, 0.2) is 0 Å². The minimum atomic E-state index is 0.518. The predicted molar refractivity (Wildman–Crippen MR) is 50.9 cm³/mol. The molecular weight excluding hydrogens is 148 g/mol. The lowest BCUT2D eigenvalue weighted by atomic mass is 9.85. The second-order valence-corrected chi connectivity index (χ2v) is 4.63. The molecule has 2 aliphatic carbocycles. The molecule has 3 N–H and O–H groups in total. The molecule has 70 valence electrons. The van der Waals surface area contributed by atoms with Crippen LogP contribution in [0.5, 0.6) is 0 Å². The van der Waals surface area contributed by atoms with Gasteiger partial charge < -0.3 is 11.1 Å². The van der Waals surface area contributed by atoms with Crippen LogP contribution >= 0.6 is 0 Å². The first-order chi connectivity index (χ1) is 5.85. The number of rotatable bonds is 5. The lowest BCUT2D eigenvalue weighted by molar-refractivity contribution is 0.292. The molecule has 2 rings (SSSR count). The first-order valence-corrected chi connectivity index (χ1v) is 5.25. The van der Waals surface area contributed by atoms with Crippen LogP contribution in [0.3, 0.4) is 0 Å². The van der Waals surface area contributed by atoms with Gasteiger partial charge in [-0.15, -0.1) is 0 Å². The molecule has 0 unspecified atom stereocenters. The van der Waals surface area contributed by atoms with Gasteiger partial charge in [-0.3, -0.25) is 0 Å². The number of hydrogen-bond donors (Lipinski definition) is 2. The summed E-state index contributed by atoms with van der Waals surface area (Å²) in [4.78, 5) is 0. The lowest BCUT2D eigenvalue weighted by Gasteiger charge is -2.26. The Kier molecular flexibility index (Phi) is 2.37. The van der Waals surface area contributed by atoms with Gasteiger partial charge in [0.05, 0.1) is 0 Å². The van der Waals surface area contributed by atoms with Crippen LogP contribution in [0.2, 0.25) is 0 Å². The highest BCUT2D eigenvalue weighted by Gasteiger charge is 2.40. The topological polar surface area (TPSA) is 38.0 Å². The first kappa shape index (κ1) is 8.52. The van der Waals surface area contributed by atoms with Gasteiger partial charge in [0.15, 0.2) is 0 Å². The van der Waals surface area contributed by atoms with Crippen molar-refractivity contribution in [2.45, 2.75) is 32.1 Å². The van der Waals surface area contributed by atoms with E-state index in [1.54, 1.807) is 0 Å². The Morgan fingerprint density at radius 3 is 2.50 bits per heavy atom. The summed E-state index contributed by atoms with van der Waals surface area (Å²) < 4.78 is 0. The molecular formula is C10H20N2. The third-order valence-electron chi connectivity index (χ3n) is 3.55. The molecule has 0 spiro atoms. The standard InChI is InChI=1S/C10H20N2/c11-7-10(4-5-10)8-12-6-9-2-1-3-9/h9,12H,1-8,11H2. The highest BCUT2D eigenvalue weighted by Crippen LogP contribution is 2.43. The molecule has 0 bridgehead atoms. The van der Waals surface area contributed by atoms with Crippen molar-refractivity contribution in [3.8, 4) is 0 Å². The van der Waals surface area contributed by atoms with E-state index in [0.717, 1.165) is 12.5 Å². The Bertz CT molecular complexity index is 148. The maximum absolute atomic E-state index is 5.69. The molecule has 2 heteroatoms. The predicted octanol–water partition coefficient (Wildman–Crippen LogP) is 1.11. The maximum Gasteiger partial charge on any atom is 0.00200 e. The van der Waals surface area contributed by atoms with E-state index in [1.807, 2.05) is 0 Å². The van der Waals surface area contributed by atoms with Crippen molar-refractivity contribution in [2.24, 2.45) is 17.1 Å². The summed E-state index contributed by atoms with van der Waals surface area (Å²) in [5, 5.41) is 3.56. The van der Waals surface area contributed by atoms with Gasteiger partial charge in [0.1, 0.15) is 0 Å². The molecule has 0 aromatic heterocycles. The highest BCUT2D eigenvalue weighted by molar-refractivity contribution is 4.95. The summed E-state index contributed by atoms with van der Waals surface area (Å²) >= 11 is 0. The van der Waals surface area contributed by atoms with Gasteiger partial charge in [0, 0.05) is 6.54 Å². The summed E-state index contributed by atoms with van der Waals surface area (Å²) in [5.41, 5.74) is 6.21. The second kappa shape index (κ2) is 3.35. The van der Waals surface area contributed by atoms with Crippen LogP contribution in [0.4, 0.5) is 0 Å². The molecule has 0 aliphatic heterocycles. The third kappa shape index (κ3) is 1.80. The Morgan fingerprint density at radius 2 is 2.08 bits per heavy atom. The van der Waals surface area contributed by atoms with Gasteiger partial charge in [-0.25, -0.2) is 0 Å². The summed E-state index contributed by atoms with van der Waals surface area (Å²) in [5.74, 6) is 0.985. The second-order valence-electron chi connectivity index (χ2n) is 4.63. The van der Waals surface area contributed by atoms with Crippen molar-refractivity contribution >= 4 is 0 Å². The number of nitrogens with two attached hydrogens (primary N) is 1. The summed E-state index contributed by atoms with van der Waals surface area (Å²) in [6.07, 6.45) is 7.04. The van der Waals surface area contributed by atoms with Crippen molar-refractivity contribution < 1.29 is 0 Å². The van der Waals surface area contributed by atoms with Crippen LogP contribution in [0.1, 0.15) is 32.1 Å². The molecule has 2 fully saturated rings. The molecule has 0 radical (unpaired) electrons. The van der Waals surface area contributed by atoms with E-state index < -0.39 is 0 Å². The van der Waals surface area contributed by atoms with E-state index in [2.05, 4.69) is 5.32 Å². The molecule has 2 aliphatic rings. The smallest absolute Gasteiger partial charge is 0.00200 e. The molecule has 0 heterocycles. The van der Waals surface area contributed by atoms with E-state index in [0.29, 0.717) is 5.41 Å². The van der Waals surface area contributed by atoms with Crippen LogP contribution in [-0.4, -0.2) is 19.6 Å². The SMILES string of the molecule is NCC1(CNCC2CCC2)CC1. The normalized spacial score (nSPS) is 26.8. The number of hydrogen-bond acceptors (Lipinski definition) is 2. The Hall–Kier alpha value is -0.0800. The molecule has 2 nitrogen and oxygen atoms in total. The Balaban J connectivity index is 1.56. The minimum Gasteiger partial charge on any atom is -0.330 e. The van der Waals surface area contributed by atoms with Gasteiger partial charge in [0.2, 0.25) is 0 Å². The molecule has 0 aromatic carbocycles. The fourth-order valence-electron chi connectivity index (χ4n) is 1.87. The third-order valence-corrected chi connectivity index (χ3v) is 3.55. The van der Waals surface area contributed by atoms with Gasteiger partial charge >= 0.3 is 0 Å². The quantitative estimate of drug-likeness (QED) is 0.645. The minimum absolute atomic E-state index is 0.518. The van der Waals surface area contributed by atoms with Gasteiger partial charge in [-0.2, -0.15) is 0 Å². The molecule has 0 atom stereocenters. The van der Waals surface area contributed by atoms with Crippen molar-refractivity contribution in [1.29, 1.82) is 0 Å². The van der Waals surface area contributed by atoms with Crippen molar-refractivity contribution in [3.05, 3.63) is 0 Å². The van der Waals surface area contributed by atoms with Gasteiger partial charge in [-0.05, 0) is 50.1 Å². The summed E-state index contributed by atoms with van der Waals surface area (Å²) in [6, 6.07) is 0. The molecule has 0 amide bonds. The highest BCUT2D eigenvalue weighted by atomic mass is 14.9. The van der Waals surface area contributed by atoms with E-state index in [-0.39, 0.29) is 0 Å². The first-order valence-electron chi connectivity index (χ1n) is 5.25. The van der Waals surface area contributed by atoms with Crippen LogP contribution in [0, 0.1) is 11.3 Å². The van der Waals surface area contributed by atoms with Crippen molar-refractivity contribution in [2.75, 3.05) is 19.6 Å². The molecule has 2 saturated carbocycles. The van der Waals surface area contributed by atoms with Gasteiger partial charge in [0.25, 0.3) is 0 Å². The van der Waals surface area contributed by atoms with Crippen LogP contribution in [0.25, 0.3) is 0 Å². The van der Waals surface area contributed by atoms with E-state index in [4.69, 9.17) is 5.73 Å². The lowest BCUT2D eigenvalue weighted by Crippen LogP contribution is -2.34. The number of nitrogens with one attached hydrogen (secondary N) is 1. The Morgan fingerprint density at radius 1 is 1.33 bits per heavy atom. The van der Waals surface area contributed by atoms with E-state index in [9.17, 15) is 0 Å². The summed E-state index contributed by atoms with van der Waals surface area (Å²) in [7, 11) is 0. The average molecular weight is 168 g/mol. The fraction of sp³-hybridized carbons (Fsp3) is 1.00. The summed E-state index contributed by atoms with van der Waals surface area (Å²) in [6.45, 7) is 3.28. The zero-order valence-electron chi connectivity index (χ0n) is 7.81. The Labute approximate surface area is 74.9 Å². The van der Waals surface area contributed by atoms with Crippen molar-refractivity contribution in [1.82, 2.24) is 5.32 Å². The van der Waals surface area contributed by atoms with E-state index >= 15 is 0 Å². The van der Waals surface area contributed by atoms with Crippen LogP contribution < -0.4 is 11.1 Å². The monoisotopic (exact) mass is 168 g/mol.